The van der Waals surface area contributed by atoms with E-state index >= 15 is 0 Å². The maximum Gasteiger partial charge on any atom is 0.268 e. The summed E-state index contributed by atoms with van der Waals surface area (Å²) < 4.78 is 6.39. The van der Waals surface area contributed by atoms with E-state index in [1.54, 1.807) is 63.4 Å². The molecule has 132 valence electrons. The summed E-state index contributed by atoms with van der Waals surface area (Å²) in [4.78, 5) is 24.9. The van der Waals surface area contributed by atoms with Gasteiger partial charge in [0.05, 0.1) is 19.3 Å². The van der Waals surface area contributed by atoms with Crippen molar-refractivity contribution in [2.24, 2.45) is 0 Å². The van der Waals surface area contributed by atoms with Crippen molar-refractivity contribution >= 4 is 17.7 Å². The zero-order valence-electron chi connectivity index (χ0n) is 14.5. The monoisotopic (exact) mass is 342 g/mol. The number of hydrogen-bond donors (Lipinski definition) is 2. The van der Waals surface area contributed by atoms with Crippen molar-refractivity contribution in [2.75, 3.05) is 13.7 Å². The first-order valence-corrected chi connectivity index (χ1v) is 7.83. The van der Waals surface area contributed by atoms with E-state index in [9.17, 15) is 14.7 Å². The number of carbonyl (C=O) groups excluding carboxylic acids is 1. The standard InChI is InChI=1S/C19H22N2O4/c1-19(2,13-22)20-18(24)16(21-11-5-4-6-17(21)23)12-14-7-9-15(25-3)10-8-14/h4-12,22H,13H2,1-3H3,(H,20,24)/b16-12-. The van der Waals surface area contributed by atoms with Crippen molar-refractivity contribution in [2.45, 2.75) is 19.4 Å². The Balaban J connectivity index is 2.48. The van der Waals surface area contributed by atoms with Crippen molar-refractivity contribution in [3.8, 4) is 5.75 Å². The number of aromatic nitrogens is 1. The number of methoxy groups -OCH3 is 1. The number of amides is 1. The fraction of sp³-hybridized carbons (Fsp3) is 0.263. The molecule has 0 saturated heterocycles. The van der Waals surface area contributed by atoms with Crippen LogP contribution in [0.2, 0.25) is 0 Å². The molecule has 6 heteroatoms. The molecule has 0 atom stereocenters. The van der Waals surface area contributed by atoms with Gasteiger partial charge in [-0.25, -0.2) is 0 Å². The largest absolute Gasteiger partial charge is 0.497 e. The Morgan fingerprint density at radius 3 is 2.48 bits per heavy atom. The third kappa shape index (κ3) is 4.81. The van der Waals surface area contributed by atoms with Gasteiger partial charge in [0.25, 0.3) is 11.5 Å². The molecular formula is C19H22N2O4. The first-order chi connectivity index (χ1) is 11.9. The summed E-state index contributed by atoms with van der Waals surface area (Å²) in [6.45, 7) is 3.17. The number of carbonyl (C=O) groups is 1. The van der Waals surface area contributed by atoms with E-state index in [2.05, 4.69) is 5.32 Å². The molecule has 0 bridgehead atoms. The van der Waals surface area contributed by atoms with Crippen molar-refractivity contribution in [3.05, 3.63) is 64.6 Å². The van der Waals surface area contributed by atoms with Crippen LogP contribution in [-0.2, 0) is 4.79 Å². The summed E-state index contributed by atoms with van der Waals surface area (Å²) in [6.07, 6.45) is 3.15. The Labute approximate surface area is 146 Å². The molecule has 25 heavy (non-hydrogen) atoms. The molecular weight excluding hydrogens is 320 g/mol. The fourth-order valence-corrected chi connectivity index (χ4v) is 2.14. The Bertz CT molecular complexity index is 820. The average Bonchev–Trinajstić information content (AvgIpc) is 2.60. The molecule has 1 aromatic heterocycles. The number of nitrogens with zero attached hydrogens (tertiary/aromatic N) is 1. The van der Waals surface area contributed by atoms with Crippen LogP contribution >= 0.6 is 0 Å². The molecule has 0 spiro atoms. The van der Waals surface area contributed by atoms with Gasteiger partial charge in [0.2, 0.25) is 0 Å². The highest BCUT2D eigenvalue weighted by molar-refractivity contribution is 6.18. The molecule has 0 aliphatic carbocycles. The molecule has 2 N–H and O–H groups in total. The summed E-state index contributed by atoms with van der Waals surface area (Å²) in [5.41, 5.74) is -0.228. The van der Waals surface area contributed by atoms with Gasteiger partial charge >= 0.3 is 0 Å². The first-order valence-electron chi connectivity index (χ1n) is 7.83. The smallest absolute Gasteiger partial charge is 0.268 e. The maximum atomic E-state index is 12.7. The van der Waals surface area contributed by atoms with E-state index in [0.717, 1.165) is 5.56 Å². The van der Waals surface area contributed by atoms with Crippen LogP contribution in [-0.4, -0.2) is 34.8 Å². The zero-order chi connectivity index (χ0) is 18.4. The van der Waals surface area contributed by atoms with Gasteiger partial charge in [-0.2, -0.15) is 0 Å². The van der Waals surface area contributed by atoms with Crippen molar-refractivity contribution < 1.29 is 14.6 Å². The minimum Gasteiger partial charge on any atom is -0.497 e. The minimum absolute atomic E-state index is 0.164. The number of rotatable bonds is 6. The van der Waals surface area contributed by atoms with Crippen LogP contribution in [0, 0.1) is 0 Å². The SMILES string of the molecule is COc1ccc(/C=C(/C(=O)NC(C)(C)CO)n2ccccc2=O)cc1. The molecule has 0 unspecified atom stereocenters. The first kappa shape index (κ1) is 18.5. The molecule has 1 heterocycles. The second-order valence-corrected chi connectivity index (χ2v) is 6.21. The maximum absolute atomic E-state index is 12.7. The van der Waals surface area contributed by atoms with E-state index in [1.807, 2.05) is 0 Å². The summed E-state index contributed by atoms with van der Waals surface area (Å²) in [5, 5.41) is 12.1. The highest BCUT2D eigenvalue weighted by Crippen LogP contribution is 2.16. The Morgan fingerprint density at radius 2 is 1.92 bits per heavy atom. The van der Waals surface area contributed by atoms with Gasteiger partial charge < -0.3 is 15.2 Å². The minimum atomic E-state index is -0.811. The van der Waals surface area contributed by atoms with E-state index in [4.69, 9.17) is 4.74 Å². The third-order valence-electron chi connectivity index (χ3n) is 3.58. The van der Waals surface area contributed by atoms with Crippen LogP contribution in [0.5, 0.6) is 5.75 Å². The van der Waals surface area contributed by atoms with E-state index in [0.29, 0.717) is 5.75 Å². The van der Waals surface area contributed by atoms with Gasteiger partial charge in [-0.3, -0.25) is 14.2 Å². The van der Waals surface area contributed by atoms with Crippen LogP contribution in [0.4, 0.5) is 0 Å². The predicted octanol–water partition coefficient (Wildman–Crippen LogP) is 1.74. The quantitative estimate of drug-likeness (QED) is 0.784. The van der Waals surface area contributed by atoms with Gasteiger partial charge in [-0.15, -0.1) is 0 Å². The normalized spacial score (nSPS) is 11.9. The lowest BCUT2D eigenvalue weighted by Crippen LogP contribution is -2.47. The van der Waals surface area contributed by atoms with Crippen LogP contribution in [0.1, 0.15) is 19.4 Å². The lowest BCUT2D eigenvalue weighted by molar-refractivity contribution is -0.117. The van der Waals surface area contributed by atoms with Gasteiger partial charge in [-0.1, -0.05) is 18.2 Å². The molecule has 0 fully saturated rings. The average molecular weight is 342 g/mol. The highest BCUT2D eigenvalue weighted by Gasteiger charge is 2.22. The van der Waals surface area contributed by atoms with Crippen LogP contribution in [0.3, 0.4) is 0 Å². The Kier molecular flexibility index (Phi) is 5.77. The zero-order valence-corrected chi connectivity index (χ0v) is 14.5. The molecule has 0 saturated carbocycles. The van der Waals surface area contributed by atoms with E-state index < -0.39 is 11.4 Å². The number of nitrogens with one attached hydrogen (secondary N) is 1. The van der Waals surface area contributed by atoms with Gasteiger partial charge in [0, 0.05) is 12.3 Å². The number of hydrogen-bond acceptors (Lipinski definition) is 4. The third-order valence-corrected chi connectivity index (χ3v) is 3.58. The number of aliphatic hydroxyl groups excluding tert-OH is 1. The van der Waals surface area contributed by atoms with Gasteiger partial charge in [0.15, 0.2) is 0 Å². The molecule has 0 aliphatic rings. The van der Waals surface area contributed by atoms with Crippen molar-refractivity contribution in [1.82, 2.24) is 9.88 Å². The number of ether oxygens (including phenoxy) is 1. The molecule has 0 radical (unpaired) electrons. The van der Waals surface area contributed by atoms with Crippen LogP contribution in [0.15, 0.2) is 53.5 Å². The number of aliphatic hydroxyl groups is 1. The molecule has 1 aromatic carbocycles. The summed E-state index contributed by atoms with van der Waals surface area (Å²) in [7, 11) is 1.57. The van der Waals surface area contributed by atoms with E-state index in [1.165, 1.54) is 16.8 Å². The van der Waals surface area contributed by atoms with Gasteiger partial charge in [-0.05, 0) is 43.7 Å². The summed E-state index contributed by atoms with van der Waals surface area (Å²) >= 11 is 0. The van der Waals surface area contributed by atoms with Gasteiger partial charge in [0.1, 0.15) is 11.4 Å². The van der Waals surface area contributed by atoms with E-state index in [-0.39, 0.29) is 17.9 Å². The number of pyridine rings is 1. The molecule has 2 rings (SSSR count). The lowest BCUT2D eigenvalue weighted by Gasteiger charge is -2.24. The van der Waals surface area contributed by atoms with Crippen molar-refractivity contribution in [3.63, 3.8) is 0 Å². The fourth-order valence-electron chi connectivity index (χ4n) is 2.14. The molecule has 0 aliphatic heterocycles. The Hall–Kier alpha value is -2.86. The molecule has 1 amide bonds. The molecule has 2 aromatic rings. The topological polar surface area (TPSA) is 80.6 Å². The summed E-state index contributed by atoms with van der Waals surface area (Å²) in [5.74, 6) is 0.240. The van der Waals surface area contributed by atoms with Crippen LogP contribution in [0.25, 0.3) is 11.8 Å². The second-order valence-electron chi connectivity index (χ2n) is 6.21. The lowest BCUT2D eigenvalue weighted by atomic mass is 10.1. The molecule has 6 nitrogen and oxygen atoms in total. The number of benzene rings is 1. The van der Waals surface area contributed by atoms with Crippen molar-refractivity contribution in [1.29, 1.82) is 0 Å². The summed E-state index contributed by atoms with van der Waals surface area (Å²) in [6, 6.07) is 11.8. The second kappa shape index (κ2) is 7.81. The Morgan fingerprint density at radius 1 is 1.24 bits per heavy atom. The predicted molar refractivity (Wildman–Crippen MR) is 97.2 cm³/mol. The highest BCUT2D eigenvalue weighted by atomic mass is 16.5. The van der Waals surface area contributed by atoms with Crippen LogP contribution < -0.4 is 15.6 Å².